The Hall–Kier alpha value is -2.87. The number of rotatable bonds is 6. The number of benzene rings is 2. The maximum Gasteiger partial charge on any atom is 0.338 e. The average Bonchev–Trinajstić information content (AvgIpc) is 2.62. The van der Waals surface area contributed by atoms with Crippen molar-refractivity contribution in [1.29, 1.82) is 0 Å². The van der Waals surface area contributed by atoms with Gasteiger partial charge in [0, 0.05) is 0 Å². The number of para-hydroxylation sites is 1. The first-order valence-corrected chi connectivity index (χ1v) is 7.57. The normalized spacial score (nSPS) is 10.2. The molecule has 0 aliphatic heterocycles. The molecule has 0 atom stereocenters. The Kier molecular flexibility index (Phi) is 6.35. The number of methoxy groups -OCH3 is 2. The van der Waals surface area contributed by atoms with E-state index in [1.807, 2.05) is 5.32 Å². The van der Waals surface area contributed by atoms with Gasteiger partial charge in [0.2, 0.25) is 0 Å². The zero-order valence-corrected chi connectivity index (χ0v) is 14.5. The molecule has 0 bridgehead atoms. The zero-order valence-electron chi connectivity index (χ0n) is 13.8. The minimum Gasteiger partial charge on any atom is -0.493 e. The minimum absolute atomic E-state index is 0.0116. The van der Waals surface area contributed by atoms with E-state index in [-0.39, 0.29) is 22.1 Å². The van der Waals surface area contributed by atoms with E-state index in [1.54, 1.807) is 0 Å². The van der Waals surface area contributed by atoms with Crippen molar-refractivity contribution in [3.8, 4) is 11.5 Å². The molecule has 6 nitrogen and oxygen atoms in total. The van der Waals surface area contributed by atoms with Crippen LogP contribution in [0.2, 0.25) is 5.02 Å². The first-order chi connectivity index (χ1) is 12.4. The average molecular weight is 386 g/mol. The Morgan fingerprint density at radius 2 is 1.77 bits per heavy atom. The van der Waals surface area contributed by atoms with Gasteiger partial charge in [-0.05, 0) is 24.3 Å². The molecule has 2 aromatic rings. The molecule has 0 saturated carbocycles. The Bertz CT molecular complexity index is 824. The molecule has 1 amide bonds. The summed E-state index contributed by atoms with van der Waals surface area (Å²) >= 11 is 5.99. The number of carbonyl (C=O) groups excluding carboxylic acids is 2. The van der Waals surface area contributed by atoms with Crippen molar-refractivity contribution in [3.05, 3.63) is 52.6 Å². The highest BCUT2D eigenvalue weighted by molar-refractivity contribution is 6.32. The van der Waals surface area contributed by atoms with Gasteiger partial charge in [-0.25, -0.2) is 13.6 Å². The fourth-order valence-electron chi connectivity index (χ4n) is 2.04. The number of ether oxygens (including phenoxy) is 3. The predicted octanol–water partition coefficient (Wildman–Crippen LogP) is 3.43. The highest BCUT2D eigenvalue weighted by Crippen LogP contribution is 2.36. The Morgan fingerprint density at radius 3 is 2.35 bits per heavy atom. The number of hydrogen-bond acceptors (Lipinski definition) is 5. The monoisotopic (exact) mass is 385 g/mol. The molecule has 0 aromatic heterocycles. The molecule has 0 aliphatic carbocycles. The lowest BCUT2D eigenvalue weighted by Gasteiger charge is -2.12. The number of carbonyl (C=O) groups is 2. The standard InChI is InChI=1S/C17H14ClF2NO5/c1-24-13-7-9(6-10(18)16(13)25-2)17(23)26-8-14(22)21-15-11(19)4-3-5-12(15)20/h3-7H,8H2,1-2H3,(H,21,22). The van der Waals surface area contributed by atoms with E-state index in [0.29, 0.717) is 0 Å². The third-order valence-corrected chi connectivity index (χ3v) is 3.51. The molecule has 0 aliphatic rings. The summed E-state index contributed by atoms with van der Waals surface area (Å²) in [5, 5.41) is 2.11. The first-order valence-electron chi connectivity index (χ1n) is 7.20. The van der Waals surface area contributed by atoms with Gasteiger partial charge in [-0.2, -0.15) is 0 Å². The Labute approximate surface area is 152 Å². The van der Waals surface area contributed by atoms with Gasteiger partial charge in [-0.3, -0.25) is 4.79 Å². The summed E-state index contributed by atoms with van der Waals surface area (Å²) < 4.78 is 41.9. The number of nitrogens with one attached hydrogen (secondary N) is 1. The summed E-state index contributed by atoms with van der Waals surface area (Å²) in [5.41, 5.74) is -0.611. The number of esters is 1. The van der Waals surface area contributed by atoms with Gasteiger partial charge >= 0.3 is 5.97 Å². The molecule has 0 radical (unpaired) electrons. The van der Waals surface area contributed by atoms with Crippen LogP contribution in [0, 0.1) is 11.6 Å². The molecule has 0 unspecified atom stereocenters. The van der Waals surface area contributed by atoms with Crippen molar-refractivity contribution in [2.75, 3.05) is 26.1 Å². The Morgan fingerprint density at radius 1 is 1.12 bits per heavy atom. The number of amides is 1. The molecule has 138 valence electrons. The molecule has 2 rings (SSSR count). The van der Waals surface area contributed by atoms with Crippen molar-refractivity contribution >= 4 is 29.2 Å². The summed E-state index contributed by atoms with van der Waals surface area (Å²) in [6.07, 6.45) is 0. The van der Waals surface area contributed by atoms with Crippen LogP contribution in [0.25, 0.3) is 0 Å². The van der Waals surface area contributed by atoms with E-state index in [2.05, 4.69) is 0 Å². The van der Waals surface area contributed by atoms with Gasteiger partial charge in [0.15, 0.2) is 18.1 Å². The van der Waals surface area contributed by atoms with Crippen LogP contribution in [0.15, 0.2) is 30.3 Å². The maximum atomic E-state index is 13.5. The van der Waals surface area contributed by atoms with Gasteiger partial charge in [-0.15, -0.1) is 0 Å². The van der Waals surface area contributed by atoms with Crippen molar-refractivity contribution in [2.45, 2.75) is 0 Å². The molecule has 26 heavy (non-hydrogen) atoms. The van der Waals surface area contributed by atoms with Gasteiger partial charge in [-0.1, -0.05) is 17.7 Å². The second kappa shape index (κ2) is 8.48. The topological polar surface area (TPSA) is 73.9 Å². The van der Waals surface area contributed by atoms with E-state index in [0.717, 1.165) is 18.2 Å². The van der Waals surface area contributed by atoms with Gasteiger partial charge in [0.25, 0.3) is 5.91 Å². The van der Waals surface area contributed by atoms with E-state index in [1.165, 1.54) is 26.4 Å². The molecule has 9 heteroatoms. The number of hydrogen-bond donors (Lipinski definition) is 1. The highest BCUT2D eigenvalue weighted by atomic mass is 35.5. The van der Waals surface area contributed by atoms with Crippen LogP contribution in [0.5, 0.6) is 11.5 Å². The highest BCUT2D eigenvalue weighted by Gasteiger charge is 2.18. The van der Waals surface area contributed by atoms with Crippen molar-refractivity contribution in [1.82, 2.24) is 0 Å². The second-order valence-corrected chi connectivity index (χ2v) is 5.32. The molecule has 0 spiro atoms. The van der Waals surface area contributed by atoms with E-state index in [4.69, 9.17) is 25.8 Å². The van der Waals surface area contributed by atoms with Gasteiger partial charge in [0.05, 0.1) is 24.8 Å². The minimum atomic E-state index is -0.948. The first kappa shape index (κ1) is 19.5. The smallest absolute Gasteiger partial charge is 0.338 e. The molecule has 1 N–H and O–H groups in total. The van der Waals surface area contributed by atoms with Crippen molar-refractivity contribution in [3.63, 3.8) is 0 Å². The second-order valence-electron chi connectivity index (χ2n) is 4.91. The van der Waals surface area contributed by atoms with Gasteiger partial charge < -0.3 is 19.5 Å². The van der Waals surface area contributed by atoms with E-state index >= 15 is 0 Å². The Balaban J connectivity index is 2.04. The fraction of sp³-hybridized carbons (Fsp3) is 0.176. The molecular weight excluding hydrogens is 372 g/mol. The lowest BCUT2D eigenvalue weighted by atomic mass is 10.2. The lowest BCUT2D eigenvalue weighted by molar-refractivity contribution is -0.119. The van der Waals surface area contributed by atoms with E-state index < -0.39 is 35.8 Å². The van der Waals surface area contributed by atoms with E-state index in [9.17, 15) is 18.4 Å². The molecule has 2 aromatic carbocycles. The molecular formula is C17H14ClF2NO5. The summed E-state index contributed by atoms with van der Waals surface area (Å²) in [7, 11) is 2.74. The summed E-state index contributed by atoms with van der Waals surface area (Å²) in [6.45, 7) is -0.751. The predicted molar refractivity (Wildman–Crippen MR) is 89.8 cm³/mol. The third-order valence-electron chi connectivity index (χ3n) is 3.23. The molecule has 0 heterocycles. The van der Waals surface area contributed by atoms with Crippen LogP contribution >= 0.6 is 11.6 Å². The van der Waals surface area contributed by atoms with Crippen molar-refractivity contribution < 1.29 is 32.6 Å². The SMILES string of the molecule is COc1cc(C(=O)OCC(=O)Nc2c(F)cccc2F)cc(Cl)c1OC. The lowest BCUT2D eigenvalue weighted by Crippen LogP contribution is -2.22. The number of halogens is 3. The maximum absolute atomic E-state index is 13.5. The molecule has 0 saturated heterocycles. The zero-order chi connectivity index (χ0) is 19.3. The number of anilines is 1. The van der Waals surface area contributed by atoms with Crippen LogP contribution in [0.4, 0.5) is 14.5 Å². The summed E-state index contributed by atoms with van der Waals surface area (Å²) in [5.74, 6) is -3.25. The largest absolute Gasteiger partial charge is 0.493 e. The van der Waals surface area contributed by atoms with Crippen LogP contribution in [-0.2, 0) is 9.53 Å². The fourth-order valence-corrected chi connectivity index (χ4v) is 2.33. The molecule has 0 fully saturated rings. The van der Waals surface area contributed by atoms with Crippen LogP contribution in [0.1, 0.15) is 10.4 Å². The third kappa shape index (κ3) is 4.40. The summed E-state index contributed by atoms with van der Waals surface area (Å²) in [4.78, 5) is 23.8. The summed E-state index contributed by atoms with van der Waals surface area (Å²) in [6, 6.07) is 5.72. The van der Waals surface area contributed by atoms with Crippen LogP contribution in [-0.4, -0.2) is 32.7 Å². The van der Waals surface area contributed by atoms with Crippen LogP contribution < -0.4 is 14.8 Å². The van der Waals surface area contributed by atoms with Gasteiger partial charge in [0.1, 0.15) is 17.3 Å². The van der Waals surface area contributed by atoms with Crippen LogP contribution in [0.3, 0.4) is 0 Å². The quantitative estimate of drug-likeness (QED) is 0.771. The van der Waals surface area contributed by atoms with Crippen molar-refractivity contribution in [2.24, 2.45) is 0 Å².